The third-order valence-corrected chi connectivity index (χ3v) is 7.08. The van der Waals surface area contributed by atoms with Crippen molar-refractivity contribution in [2.45, 2.75) is 18.3 Å². The van der Waals surface area contributed by atoms with Gasteiger partial charge in [-0.25, -0.2) is 0 Å². The zero-order valence-corrected chi connectivity index (χ0v) is 9.08. The molecule has 6 fully saturated rings. The molecule has 1 heterocycles. The van der Waals surface area contributed by atoms with Crippen LogP contribution in [0.1, 0.15) is 6.42 Å². The molecule has 0 aromatic carbocycles. The summed E-state index contributed by atoms with van der Waals surface area (Å²) in [5.41, 5.74) is 0. The summed E-state index contributed by atoms with van der Waals surface area (Å²) in [7, 11) is 0. The number of hydrogen-bond donors (Lipinski definition) is 1. The molecule has 1 aliphatic heterocycles. The minimum atomic E-state index is -0.231. The molecule has 6 aliphatic rings. The molecule has 3 heteroatoms. The number of hydrogen-bond acceptors (Lipinski definition) is 3. The fourth-order valence-electron chi connectivity index (χ4n) is 7.27. The van der Waals surface area contributed by atoms with Gasteiger partial charge in [0.2, 0.25) is 0 Å². The minimum absolute atomic E-state index is 0.0211. The molecule has 0 amide bonds. The highest BCUT2D eigenvalue weighted by atomic mass is 16.7. The highest BCUT2D eigenvalue weighted by Crippen LogP contribution is 2.86. The van der Waals surface area contributed by atoms with E-state index in [1.54, 1.807) is 0 Å². The molecule has 1 N–H and O–H groups in total. The topological polar surface area (TPSA) is 38.7 Å². The molecule has 16 heavy (non-hydrogen) atoms. The Morgan fingerprint density at radius 2 is 1.69 bits per heavy atom. The van der Waals surface area contributed by atoms with Gasteiger partial charge < -0.3 is 14.6 Å². The molecular formula is C13H16O3. The van der Waals surface area contributed by atoms with E-state index in [2.05, 4.69) is 0 Å². The van der Waals surface area contributed by atoms with Gasteiger partial charge in [0.25, 0.3) is 0 Å². The highest BCUT2D eigenvalue weighted by molar-refractivity contribution is 5.33. The molecule has 1 spiro atoms. The van der Waals surface area contributed by atoms with E-state index in [1.165, 1.54) is 6.42 Å². The number of aliphatic hydroxyl groups excluding tert-OH is 1. The Bertz CT molecular complexity index is 402. The summed E-state index contributed by atoms with van der Waals surface area (Å²) in [6.07, 6.45) is 1.34. The van der Waals surface area contributed by atoms with Crippen molar-refractivity contribution < 1.29 is 14.6 Å². The Morgan fingerprint density at radius 3 is 2.50 bits per heavy atom. The third kappa shape index (κ3) is 0.485. The quantitative estimate of drug-likeness (QED) is 0.645. The lowest BCUT2D eigenvalue weighted by Crippen LogP contribution is -2.59. The number of ether oxygens (including phenoxy) is 2. The molecule has 3 nitrogen and oxygen atoms in total. The van der Waals surface area contributed by atoms with Crippen molar-refractivity contribution in [3.05, 3.63) is 0 Å². The molecule has 9 atom stereocenters. The second-order valence-electron chi connectivity index (χ2n) is 6.83. The molecule has 0 aromatic heterocycles. The van der Waals surface area contributed by atoms with Crippen LogP contribution in [0.15, 0.2) is 0 Å². The predicted octanol–water partition coefficient (Wildman–Crippen LogP) is 0.478. The molecular weight excluding hydrogens is 204 g/mol. The van der Waals surface area contributed by atoms with Gasteiger partial charge in [0, 0.05) is 11.8 Å². The minimum Gasteiger partial charge on any atom is -0.393 e. The Labute approximate surface area is 94.1 Å². The van der Waals surface area contributed by atoms with Gasteiger partial charge in [-0.3, -0.25) is 0 Å². The van der Waals surface area contributed by atoms with Crippen LogP contribution in [-0.4, -0.2) is 30.2 Å². The average molecular weight is 220 g/mol. The zero-order chi connectivity index (χ0) is 10.2. The molecule has 0 aromatic rings. The maximum Gasteiger partial charge on any atom is 0.175 e. The van der Waals surface area contributed by atoms with Gasteiger partial charge in [0.05, 0.1) is 19.3 Å². The van der Waals surface area contributed by atoms with Gasteiger partial charge in [0.15, 0.2) is 5.79 Å². The van der Waals surface area contributed by atoms with E-state index < -0.39 is 0 Å². The summed E-state index contributed by atoms with van der Waals surface area (Å²) in [5, 5.41) is 10.4. The van der Waals surface area contributed by atoms with E-state index in [0.717, 1.165) is 36.9 Å². The maximum absolute atomic E-state index is 10.4. The lowest BCUT2D eigenvalue weighted by Gasteiger charge is -2.52. The van der Waals surface area contributed by atoms with E-state index in [4.69, 9.17) is 9.47 Å². The summed E-state index contributed by atoms with van der Waals surface area (Å²) in [6.45, 7) is 1.55. The number of rotatable bonds is 0. The number of aliphatic hydroxyl groups is 1. The summed E-state index contributed by atoms with van der Waals surface area (Å²) in [4.78, 5) is 0. The van der Waals surface area contributed by atoms with Crippen LogP contribution in [0.2, 0.25) is 0 Å². The second-order valence-corrected chi connectivity index (χ2v) is 6.83. The van der Waals surface area contributed by atoms with Crippen molar-refractivity contribution in [3.8, 4) is 0 Å². The third-order valence-electron chi connectivity index (χ3n) is 7.08. The van der Waals surface area contributed by atoms with Gasteiger partial charge in [0.1, 0.15) is 0 Å². The Kier molecular flexibility index (Phi) is 1.01. The Morgan fingerprint density at radius 1 is 0.875 bits per heavy atom. The monoisotopic (exact) mass is 220 g/mol. The lowest BCUT2D eigenvalue weighted by atomic mass is 9.57. The maximum atomic E-state index is 10.4. The van der Waals surface area contributed by atoms with Crippen LogP contribution in [0.5, 0.6) is 0 Å². The van der Waals surface area contributed by atoms with E-state index in [1.807, 2.05) is 0 Å². The zero-order valence-electron chi connectivity index (χ0n) is 9.08. The van der Waals surface area contributed by atoms with Crippen LogP contribution in [0.3, 0.4) is 0 Å². The van der Waals surface area contributed by atoms with E-state index in [-0.39, 0.29) is 11.9 Å². The summed E-state index contributed by atoms with van der Waals surface area (Å²) in [6, 6.07) is 0. The fourth-order valence-corrected chi connectivity index (χ4v) is 7.27. The van der Waals surface area contributed by atoms with Gasteiger partial charge >= 0.3 is 0 Å². The van der Waals surface area contributed by atoms with Crippen LogP contribution in [0, 0.1) is 47.3 Å². The standard InChI is InChI=1S/C13H16O3/c14-12-8-4-3-5-7-6(4)9(12)11(7)13(10(5)8)15-1-2-16-13/h4-12,14H,1-3H2/t4-,5-,6+,7+,8+,9+,10-,11-,12-/m0/s1. The molecule has 86 valence electrons. The van der Waals surface area contributed by atoms with Crippen molar-refractivity contribution >= 4 is 0 Å². The van der Waals surface area contributed by atoms with Crippen LogP contribution in [0.25, 0.3) is 0 Å². The summed E-state index contributed by atoms with van der Waals surface area (Å²) in [5.74, 6) is 5.26. The normalized spacial score (nSPS) is 74.4. The molecule has 0 unspecified atom stereocenters. The highest BCUT2D eigenvalue weighted by Gasteiger charge is 2.89. The van der Waals surface area contributed by atoms with E-state index >= 15 is 0 Å². The molecule has 2 bridgehead atoms. The van der Waals surface area contributed by atoms with Gasteiger partial charge in [-0.05, 0) is 41.9 Å². The van der Waals surface area contributed by atoms with Crippen LogP contribution < -0.4 is 0 Å². The summed E-state index contributed by atoms with van der Waals surface area (Å²) >= 11 is 0. The van der Waals surface area contributed by atoms with Gasteiger partial charge in [-0.2, -0.15) is 0 Å². The Balaban J connectivity index is 1.64. The van der Waals surface area contributed by atoms with Crippen molar-refractivity contribution in [1.82, 2.24) is 0 Å². The van der Waals surface area contributed by atoms with E-state index in [0.29, 0.717) is 23.7 Å². The second kappa shape index (κ2) is 2.00. The lowest BCUT2D eigenvalue weighted by molar-refractivity contribution is -0.277. The van der Waals surface area contributed by atoms with Crippen LogP contribution in [-0.2, 0) is 9.47 Å². The molecule has 1 saturated heterocycles. The fraction of sp³-hybridized carbons (Fsp3) is 1.00. The molecule has 5 saturated carbocycles. The smallest absolute Gasteiger partial charge is 0.175 e. The number of fused-ring (bicyclic) bond motifs is 4. The van der Waals surface area contributed by atoms with Crippen molar-refractivity contribution in [2.24, 2.45) is 47.3 Å². The average Bonchev–Trinajstić information content (AvgIpc) is 2.87. The predicted molar refractivity (Wildman–Crippen MR) is 53.2 cm³/mol. The molecule has 5 aliphatic carbocycles. The van der Waals surface area contributed by atoms with Crippen LogP contribution in [0.4, 0.5) is 0 Å². The first-order chi connectivity index (χ1) is 7.84. The largest absolute Gasteiger partial charge is 0.393 e. The van der Waals surface area contributed by atoms with Gasteiger partial charge in [-0.15, -0.1) is 0 Å². The first kappa shape index (κ1) is 8.06. The van der Waals surface area contributed by atoms with Gasteiger partial charge in [-0.1, -0.05) is 0 Å². The first-order valence-corrected chi connectivity index (χ1v) is 6.80. The van der Waals surface area contributed by atoms with Crippen molar-refractivity contribution in [1.29, 1.82) is 0 Å². The van der Waals surface area contributed by atoms with Crippen molar-refractivity contribution in [2.75, 3.05) is 13.2 Å². The summed E-state index contributed by atoms with van der Waals surface area (Å²) < 4.78 is 12.2. The SMILES string of the molecule is O[C@@H]1[C@@H]2[C@@H]3[C@@H]4C[C@H]5[C@H]3[C@@H]2C2(OCCO2)[C@@H]5[C@H]14. The first-order valence-electron chi connectivity index (χ1n) is 6.80. The Hall–Kier alpha value is -0.120. The van der Waals surface area contributed by atoms with Crippen LogP contribution >= 0.6 is 0 Å². The van der Waals surface area contributed by atoms with Crippen molar-refractivity contribution in [3.63, 3.8) is 0 Å². The molecule has 0 radical (unpaired) electrons. The molecule has 6 rings (SSSR count). The van der Waals surface area contributed by atoms with E-state index in [9.17, 15) is 5.11 Å².